The molecule has 200 valence electrons. The number of para-hydroxylation sites is 1. The lowest BCUT2D eigenvalue weighted by molar-refractivity contribution is -0.0562. The number of rotatable bonds is 5. The summed E-state index contributed by atoms with van der Waals surface area (Å²) in [5.41, 5.74) is 1.25. The SMILES string of the molecule is CC(C)(C)OC(=O)N1CCC12CN(c1ccc3ncnc(Nc4cnc(Oc5ccccc5)c(Cl)c4)c3n1)C2. The fraction of sp³-hybridized carbons (Fsp3) is 0.321. The van der Waals surface area contributed by atoms with Crippen LogP contribution in [0.4, 0.5) is 22.1 Å². The average Bonchev–Trinajstić information content (AvgIpc) is 2.84. The first-order chi connectivity index (χ1) is 18.7. The van der Waals surface area contributed by atoms with Gasteiger partial charge >= 0.3 is 6.09 Å². The smallest absolute Gasteiger partial charge is 0.410 e. The first-order valence-electron chi connectivity index (χ1n) is 12.7. The van der Waals surface area contributed by atoms with Gasteiger partial charge in [-0.25, -0.2) is 24.7 Å². The molecule has 0 radical (unpaired) electrons. The number of aromatic nitrogens is 4. The van der Waals surface area contributed by atoms with E-state index in [0.29, 0.717) is 58.8 Å². The third-order valence-electron chi connectivity index (χ3n) is 6.78. The van der Waals surface area contributed by atoms with Crippen LogP contribution in [0.3, 0.4) is 0 Å². The van der Waals surface area contributed by atoms with Gasteiger partial charge in [-0.1, -0.05) is 29.8 Å². The van der Waals surface area contributed by atoms with Gasteiger partial charge in [-0.3, -0.25) is 4.90 Å². The molecule has 0 aliphatic carbocycles. The zero-order valence-electron chi connectivity index (χ0n) is 21.9. The van der Waals surface area contributed by atoms with Crippen molar-refractivity contribution in [2.75, 3.05) is 29.9 Å². The summed E-state index contributed by atoms with van der Waals surface area (Å²) in [5.74, 6) is 2.29. The van der Waals surface area contributed by atoms with Crippen molar-refractivity contribution in [1.29, 1.82) is 0 Å². The molecule has 11 heteroatoms. The summed E-state index contributed by atoms with van der Waals surface area (Å²) in [6.07, 6.45) is 3.80. The highest BCUT2D eigenvalue weighted by Gasteiger charge is 2.56. The van der Waals surface area contributed by atoms with E-state index < -0.39 is 5.60 Å². The van der Waals surface area contributed by atoms with Crippen LogP contribution in [-0.4, -0.2) is 61.7 Å². The molecule has 1 aromatic carbocycles. The Morgan fingerprint density at radius 1 is 1.08 bits per heavy atom. The molecule has 39 heavy (non-hydrogen) atoms. The molecule has 5 heterocycles. The molecule has 1 spiro atoms. The van der Waals surface area contributed by atoms with Gasteiger partial charge in [0, 0.05) is 19.6 Å². The van der Waals surface area contributed by atoms with E-state index in [0.717, 1.165) is 12.2 Å². The summed E-state index contributed by atoms with van der Waals surface area (Å²) < 4.78 is 11.4. The third-order valence-corrected chi connectivity index (χ3v) is 7.05. The molecule has 0 atom stereocenters. The van der Waals surface area contributed by atoms with Crippen LogP contribution in [0.2, 0.25) is 5.02 Å². The summed E-state index contributed by atoms with van der Waals surface area (Å²) in [7, 11) is 0. The Bertz CT molecular complexity index is 1540. The number of fused-ring (bicyclic) bond motifs is 1. The predicted octanol–water partition coefficient (Wildman–Crippen LogP) is 5.81. The molecule has 2 aliphatic heterocycles. The lowest BCUT2D eigenvalue weighted by atomic mass is 9.78. The monoisotopic (exact) mass is 545 g/mol. The van der Waals surface area contributed by atoms with E-state index in [1.165, 1.54) is 6.33 Å². The summed E-state index contributed by atoms with van der Waals surface area (Å²) >= 11 is 6.45. The number of nitrogens with zero attached hydrogens (tertiary/aromatic N) is 6. The molecule has 4 aromatic rings. The van der Waals surface area contributed by atoms with Gasteiger partial charge in [-0.15, -0.1) is 0 Å². The van der Waals surface area contributed by atoms with E-state index in [4.69, 9.17) is 26.1 Å². The Balaban J connectivity index is 1.18. The molecule has 3 aromatic heterocycles. The van der Waals surface area contributed by atoms with Gasteiger partial charge in [0.25, 0.3) is 0 Å². The molecule has 10 nitrogen and oxygen atoms in total. The molecule has 2 aliphatic rings. The second kappa shape index (κ2) is 9.53. The fourth-order valence-corrected chi connectivity index (χ4v) is 5.00. The number of carbonyl (C=O) groups is 1. The lowest BCUT2D eigenvalue weighted by Crippen LogP contribution is -2.78. The molecule has 1 N–H and O–H groups in total. The highest BCUT2D eigenvalue weighted by Crippen LogP contribution is 2.42. The number of likely N-dealkylation sites (tertiary alicyclic amines) is 1. The number of anilines is 3. The topological polar surface area (TPSA) is 106 Å². The number of pyridine rings is 2. The highest BCUT2D eigenvalue weighted by atomic mass is 35.5. The van der Waals surface area contributed by atoms with Crippen LogP contribution in [-0.2, 0) is 4.74 Å². The third kappa shape index (κ3) is 4.99. The Morgan fingerprint density at radius 2 is 1.87 bits per heavy atom. The molecule has 0 bridgehead atoms. The number of hydrogen-bond acceptors (Lipinski definition) is 9. The maximum atomic E-state index is 12.6. The number of nitrogens with one attached hydrogen (secondary N) is 1. The minimum absolute atomic E-state index is 0.195. The Morgan fingerprint density at radius 3 is 2.56 bits per heavy atom. The maximum Gasteiger partial charge on any atom is 0.410 e. The van der Waals surface area contributed by atoms with Gasteiger partial charge in [-0.2, -0.15) is 0 Å². The summed E-state index contributed by atoms with van der Waals surface area (Å²) in [6, 6.07) is 14.9. The van der Waals surface area contributed by atoms with Crippen molar-refractivity contribution in [2.24, 2.45) is 0 Å². The quantitative estimate of drug-likeness (QED) is 0.332. The fourth-order valence-electron chi connectivity index (χ4n) is 4.80. The molecule has 2 fully saturated rings. The number of ether oxygens (including phenoxy) is 2. The average molecular weight is 546 g/mol. The second-order valence-corrected chi connectivity index (χ2v) is 11.2. The van der Waals surface area contributed by atoms with Gasteiger partial charge in [0.05, 0.1) is 22.9 Å². The van der Waals surface area contributed by atoms with E-state index in [-0.39, 0.29) is 11.6 Å². The minimum Gasteiger partial charge on any atom is -0.444 e. The molecular formula is C28H28ClN7O3. The van der Waals surface area contributed by atoms with Crippen molar-refractivity contribution in [1.82, 2.24) is 24.8 Å². The second-order valence-electron chi connectivity index (χ2n) is 10.8. The zero-order valence-corrected chi connectivity index (χ0v) is 22.6. The standard InChI is InChI=1S/C28H28ClN7O3/c1-27(2,3)39-26(37)36-12-11-28(36)15-35(16-28)22-10-9-21-23(34-22)24(32-17-31-21)33-18-13-20(29)25(30-14-18)38-19-7-5-4-6-8-19/h4-10,13-14,17H,11-12,15-16H2,1-3H3,(H,31,32,33). The van der Waals surface area contributed by atoms with Crippen molar-refractivity contribution in [3.63, 3.8) is 0 Å². The largest absolute Gasteiger partial charge is 0.444 e. The number of benzene rings is 1. The van der Waals surface area contributed by atoms with E-state index in [9.17, 15) is 4.79 Å². The first kappa shape index (κ1) is 25.1. The lowest BCUT2D eigenvalue weighted by Gasteiger charge is -2.62. The number of hydrogen-bond donors (Lipinski definition) is 1. The molecular weight excluding hydrogens is 518 g/mol. The minimum atomic E-state index is -0.518. The van der Waals surface area contributed by atoms with Crippen LogP contribution >= 0.6 is 11.6 Å². The normalized spacial score (nSPS) is 16.0. The molecule has 0 saturated carbocycles. The Labute approximate surface area is 231 Å². The Kier molecular flexibility index (Phi) is 6.14. The van der Waals surface area contributed by atoms with Crippen LogP contribution in [0.5, 0.6) is 11.6 Å². The van der Waals surface area contributed by atoms with Crippen LogP contribution in [0.15, 0.2) is 61.1 Å². The van der Waals surface area contributed by atoms with E-state index in [2.05, 4.69) is 25.2 Å². The molecule has 6 rings (SSSR count). The molecule has 0 unspecified atom stereocenters. The van der Waals surface area contributed by atoms with E-state index in [1.54, 1.807) is 12.3 Å². The van der Waals surface area contributed by atoms with Gasteiger partial charge in [0.1, 0.15) is 34.0 Å². The van der Waals surface area contributed by atoms with E-state index in [1.807, 2.05) is 68.1 Å². The van der Waals surface area contributed by atoms with Gasteiger partial charge < -0.3 is 19.7 Å². The predicted molar refractivity (Wildman–Crippen MR) is 149 cm³/mol. The van der Waals surface area contributed by atoms with Crippen LogP contribution in [0, 0.1) is 0 Å². The van der Waals surface area contributed by atoms with Crippen molar-refractivity contribution in [2.45, 2.75) is 38.3 Å². The van der Waals surface area contributed by atoms with Crippen LogP contribution in [0.25, 0.3) is 11.0 Å². The molecule has 1 amide bonds. The Hall–Kier alpha value is -4.18. The first-order valence-corrected chi connectivity index (χ1v) is 13.1. The number of amides is 1. The maximum absolute atomic E-state index is 12.6. The summed E-state index contributed by atoms with van der Waals surface area (Å²) in [4.78, 5) is 34.7. The summed E-state index contributed by atoms with van der Waals surface area (Å²) in [5, 5.41) is 3.62. The highest BCUT2D eigenvalue weighted by molar-refractivity contribution is 6.32. The van der Waals surface area contributed by atoms with Crippen molar-refractivity contribution >= 4 is 46.1 Å². The summed E-state index contributed by atoms with van der Waals surface area (Å²) in [6.45, 7) is 7.75. The van der Waals surface area contributed by atoms with Gasteiger partial charge in [0.15, 0.2) is 5.82 Å². The number of halogens is 1. The van der Waals surface area contributed by atoms with Crippen molar-refractivity contribution in [3.05, 3.63) is 66.1 Å². The van der Waals surface area contributed by atoms with Crippen LogP contribution < -0.4 is 15.0 Å². The van der Waals surface area contributed by atoms with Gasteiger partial charge in [0.2, 0.25) is 5.88 Å². The van der Waals surface area contributed by atoms with Crippen molar-refractivity contribution in [3.8, 4) is 11.6 Å². The van der Waals surface area contributed by atoms with Gasteiger partial charge in [-0.05, 0) is 57.5 Å². The molecule has 2 saturated heterocycles. The zero-order chi connectivity index (χ0) is 27.2. The number of carbonyl (C=O) groups excluding carboxylic acids is 1. The van der Waals surface area contributed by atoms with Crippen molar-refractivity contribution < 1.29 is 14.3 Å². The van der Waals surface area contributed by atoms with E-state index >= 15 is 0 Å². The van der Waals surface area contributed by atoms with Crippen LogP contribution in [0.1, 0.15) is 27.2 Å².